The van der Waals surface area contributed by atoms with Crippen molar-refractivity contribution in [2.45, 2.75) is 52.0 Å². The van der Waals surface area contributed by atoms with E-state index < -0.39 is 0 Å². The number of hydrogen-bond donors (Lipinski definition) is 2. The maximum atomic E-state index is 5.84. The van der Waals surface area contributed by atoms with Crippen LogP contribution >= 0.6 is 11.3 Å². The van der Waals surface area contributed by atoms with Crippen molar-refractivity contribution in [2.75, 3.05) is 0 Å². The monoisotopic (exact) mass is 290 g/mol. The smallest absolute Gasteiger partial charge is 0.0345 e. The van der Waals surface area contributed by atoms with Crippen LogP contribution in [0.25, 0.3) is 10.1 Å². The van der Waals surface area contributed by atoms with Gasteiger partial charge >= 0.3 is 0 Å². The Bertz CT molecular complexity index is 520. The number of unbranched alkanes of at least 4 members (excludes halogenated alkanes) is 1. The van der Waals surface area contributed by atoms with E-state index in [4.69, 9.17) is 5.84 Å². The first-order valence-electron chi connectivity index (χ1n) is 7.71. The number of nitrogens with one attached hydrogen (secondary N) is 1. The number of fused-ring (bicyclic) bond motifs is 1. The lowest BCUT2D eigenvalue weighted by Gasteiger charge is -2.25. The Kier molecular flexibility index (Phi) is 6.02. The fourth-order valence-electron chi connectivity index (χ4n) is 2.95. The second-order valence-electron chi connectivity index (χ2n) is 5.54. The van der Waals surface area contributed by atoms with E-state index in [1.165, 1.54) is 41.3 Å². The number of nitrogens with two attached hydrogens (primary N) is 1. The summed E-state index contributed by atoms with van der Waals surface area (Å²) in [6.45, 7) is 4.53. The molecule has 0 fully saturated rings. The van der Waals surface area contributed by atoms with Crippen LogP contribution in [-0.4, -0.2) is 6.04 Å². The van der Waals surface area contributed by atoms with Crippen LogP contribution in [0.15, 0.2) is 29.6 Å². The van der Waals surface area contributed by atoms with Gasteiger partial charge < -0.3 is 0 Å². The van der Waals surface area contributed by atoms with Crippen molar-refractivity contribution in [3.05, 3.63) is 35.2 Å². The fourth-order valence-corrected chi connectivity index (χ4v) is 3.92. The maximum absolute atomic E-state index is 5.84. The van der Waals surface area contributed by atoms with E-state index in [2.05, 4.69) is 48.9 Å². The van der Waals surface area contributed by atoms with Crippen molar-refractivity contribution in [1.29, 1.82) is 0 Å². The predicted molar refractivity (Wildman–Crippen MR) is 89.9 cm³/mol. The predicted octanol–water partition coefficient (Wildman–Crippen LogP) is 4.49. The SMILES string of the molecule is CCCCC(CC)C(Cc1csc2ccccc12)NN. The lowest BCUT2D eigenvalue weighted by molar-refractivity contribution is 0.319. The van der Waals surface area contributed by atoms with Crippen LogP contribution in [0.3, 0.4) is 0 Å². The second-order valence-corrected chi connectivity index (χ2v) is 6.46. The van der Waals surface area contributed by atoms with Crippen molar-refractivity contribution in [1.82, 2.24) is 5.43 Å². The molecular formula is C17H26N2S. The van der Waals surface area contributed by atoms with Crippen molar-refractivity contribution in [3.8, 4) is 0 Å². The maximum Gasteiger partial charge on any atom is 0.0345 e. The standard InChI is InChI=1S/C17H26N2S/c1-3-5-8-13(4-2)16(19-18)11-14-12-20-17-10-7-6-9-15(14)17/h6-7,9-10,12-13,16,19H,3-5,8,11,18H2,1-2H3. The summed E-state index contributed by atoms with van der Waals surface area (Å²) in [5.74, 6) is 6.50. The van der Waals surface area contributed by atoms with Crippen LogP contribution in [0, 0.1) is 5.92 Å². The average Bonchev–Trinajstić information content (AvgIpc) is 2.90. The Labute approximate surface area is 126 Å². The zero-order chi connectivity index (χ0) is 14.4. The Morgan fingerprint density at radius 3 is 2.75 bits per heavy atom. The molecule has 0 aliphatic carbocycles. The molecule has 2 nitrogen and oxygen atoms in total. The number of hydrazine groups is 1. The van der Waals surface area contributed by atoms with Gasteiger partial charge in [-0.2, -0.15) is 0 Å². The lowest BCUT2D eigenvalue weighted by Crippen LogP contribution is -2.42. The molecule has 0 amide bonds. The van der Waals surface area contributed by atoms with E-state index in [9.17, 15) is 0 Å². The molecule has 2 atom stereocenters. The summed E-state index contributed by atoms with van der Waals surface area (Å²) in [5.41, 5.74) is 4.50. The zero-order valence-electron chi connectivity index (χ0n) is 12.6. The summed E-state index contributed by atoms with van der Waals surface area (Å²) in [6.07, 6.45) is 6.04. The van der Waals surface area contributed by atoms with Gasteiger partial charge in [-0.15, -0.1) is 11.3 Å². The van der Waals surface area contributed by atoms with Gasteiger partial charge in [-0.05, 0) is 41.2 Å². The summed E-state index contributed by atoms with van der Waals surface area (Å²) in [6, 6.07) is 9.03. The van der Waals surface area contributed by atoms with E-state index >= 15 is 0 Å². The van der Waals surface area contributed by atoms with Crippen LogP contribution in [0.5, 0.6) is 0 Å². The highest BCUT2D eigenvalue weighted by molar-refractivity contribution is 7.17. The molecule has 2 rings (SSSR count). The van der Waals surface area contributed by atoms with E-state index in [-0.39, 0.29) is 0 Å². The first-order valence-corrected chi connectivity index (χ1v) is 8.59. The second kappa shape index (κ2) is 7.77. The van der Waals surface area contributed by atoms with Gasteiger partial charge in [0.05, 0.1) is 0 Å². The Morgan fingerprint density at radius 1 is 1.25 bits per heavy atom. The molecule has 110 valence electrons. The third-order valence-electron chi connectivity index (χ3n) is 4.24. The van der Waals surface area contributed by atoms with Crippen molar-refractivity contribution in [2.24, 2.45) is 11.8 Å². The molecule has 2 aromatic rings. The highest BCUT2D eigenvalue weighted by Crippen LogP contribution is 2.28. The summed E-state index contributed by atoms with van der Waals surface area (Å²) in [7, 11) is 0. The van der Waals surface area contributed by atoms with Gasteiger partial charge in [-0.3, -0.25) is 11.3 Å². The van der Waals surface area contributed by atoms with Crippen molar-refractivity contribution >= 4 is 21.4 Å². The van der Waals surface area contributed by atoms with E-state index in [1.54, 1.807) is 0 Å². The molecule has 3 N–H and O–H groups in total. The van der Waals surface area contributed by atoms with Gasteiger partial charge in [0.15, 0.2) is 0 Å². The number of benzene rings is 1. The number of thiophene rings is 1. The molecule has 1 aromatic carbocycles. The number of hydrogen-bond acceptors (Lipinski definition) is 3. The molecule has 2 unspecified atom stereocenters. The van der Waals surface area contributed by atoms with Gasteiger partial charge in [0.25, 0.3) is 0 Å². The van der Waals surface area contributed by atoms with Gasteiger partial charge in [0.2, 0.25) is 0 Å². The Morgan fingerprint density at radius 2 is 2.05 bits per heavy atom. The van der Waals surface area contributed by atoms with Crippen molar-refractivity contribution < 1.29 is 0 Å². The minimum absolute atomic E-state index is 0.379. The molecular weight excluding hydrogens is 264 g/mol. The summed E-state index contributed by atoms with van der Waals surface area (Å²) in [4.78, 5) is 0. The Hall–Kier alpha value is -0.900. The minimum Gasteiger partial charge on any atom is -0.271 e. The summed E-state index contributed by atoms with van der Waals surface area (Å²) < 4.78 is 1.37. The van der Waals surface area contributed by atoms with Crippen LogP contribution in [0.2, 0.25) is 0 Å². The summed E-state index contributed by atoms with van der Waals surface area (Å²) >= 11 is 1.83. The third kappa shape index (κ3) is 3.60. The van der Waals surface area contributed by atoms with E-state index in [0.717, 1.165) is 6.42 Å². The average molecular weight is 290 g/mol. The third-order valence-corrected chi connectivity index (χ3v) is 5.25. The molecule has 0 saturated heterocycles. The van der Waals surface area contributed by atoms with Crippen LogP contribution in [0.4, 0.5) is 0 Å². The largest absolute Gasteiger partial charge is 0.271 e. The van der Waals surface area contributed by atoms with E-state index in [0.29, 0.717) is 12.0 Å². The van der Waals surface area contributed by atoms with E-state index in [1.807, 2.05) is 11.3 Å². The number of rotatable bonds is 8. The van der Waals surface area contributed by atoms with Crippen molar-refractivity contribution in [3.63, 3.8) is 0 Å². The lowest BCUT2D eigenvalue weighted by atomic mass is 9.88. The van der Waals surface area contributed by atoms with Gasteiger partial charge in [-0.25, -0.2) is 0 Å². The Balaban J connectivity index is 2.12. The molecule has 20 heavy (non-hydrogen) atoms. The van der Waals surface area contributed by atoms with Crippen LogP contribution in [-0.2, 0) is 6.42 Å². The molecule has 3 heteroatoms. The van der Waals surface area contributed by atoms with Crippen LogP contribution < -0.4 is 11.3 Å². The van der Waals surface area contributed by atoms with Gasteiger partial charge in [-0.1, -0.05) is 51.3 Å². The topological polar surface area (TPSA) is 38.0 Å². The first kappa shape index (κ1) is 15.5. The molecule has 0 saturated carbocycles. The highest BCUT2D eigenvalue weighted by atomic mass is 32.1. The van der Waals surface area contributed by atoms with Gasteiger partial charge in [0.1, 0.15) is 0 Å². The minimum atomic E-state index is 0.379. The summed E-state index contributed by atoms with van der Waals surface area (Å²) in [5, 5.41) is 3.68. The van der Waals surface area contributed by atoms with Gasteiger partial charge in [0, 0.05) is 10.7 Å². The molecule has 0 radical (unpaired) electrons. The molecule has 1 aromatic heterocycles. The molecule has 0 spiro atoms. The molecule has 0 bridgehead atoms. The fraction of sp³-hybridized carbons (Fsp3) is 0.529. The highest BCUT2D eigenvalue weighted by Gasteiger charge is 2.20. The molecule has 0 aliphatic rings. The first-order chi connectivity index (χ1) is 9.80. The normalized spacial score (nSPS) is 14.6. The van der Waals surface area contributed by atoms with Crippen LogP contribution in [0.1, 0.15) is 45.1 Å². The molecule has 1 heterocycles. The quantitative estimate of drug-likeness (QED) is 0.555. The molecule has 0 aliphatic heterocycles. The zero-order valence-corrected chi connectivity index (χ0v) is 13.4.